The highest BCUT2D eigenvalue weighted by Crippen LogP contribution is 2.30. The first-order valence-corrected chi connectivity index (χ1v) is 8.33. The van der Waals surface area contributed by atoms with E-state index in [2.05, 4.69) is 30.1 Å². The van der Waals surface area contributed by atoms with Crippen LogP contribution in [0.1, 0.15) is 22.9 Å². The van der Waals surface area contributed by atoms with Gasteiger partial charge in [0.15, 0.2) is 0 Å². The lowest BCUT2D eigenvalue weighted by atomic mass is 10.1. The summed E-state index contributed by atoms with van der Waals surface area (Å²) in [5, 5.41) is 0.801. The van der Waals surface area contributed by atoms with Crippen LogP contribution in [0.5, 0.6) is 0 Å². The zero-order chi connectivity index (χ0) is 15.5. The van der Waals surface area contributed by atoms with Crippen LogP contribution in [0.25, 0.3) is 10.4 Å². The fourth-order valence-electron chi connectivity index (χ4n) is 2.32. The number of benzene rings is 1. The second kappa shape index (κ2) is 6.59. The first kappa shape index (κ1) is 15.2. The summed E-state index contributed by atoms with van der Waals surface area (Å²) in [6, 6.07) is 13.5. The zero-order valence-electron chi connectivity index (χ0n) is 12.1. The Bertz CT molecular complexity index is 780. The largest absolute Gasteiger partial charge is 0.228 e. The monoisotopic (exact) mass is 331 g/mol. The standard InChI is InChI=1S/C18H15ClFNS/c1-2-12-3-6-16(19)14(9-12)10-15-5-7-17(22-15)13-4-8-18(20)21-11-13/h3-9,11H,2,10H2,1H3. The molecule has 0 radical (unpaired) electrons. The van der Waals surface area contributed by atoms with E-state index < -0.39 is 5.95 Å². The lowest BCUT2D eigenvalue weighted by Gasteiger charge is -2.05. The Kier molecular flexibility index (Phi) is 4.55. The number of thiophene rings is 1. The zero-order valence-corrected chi connectivity index (χ0v) is 13.7. The molecule has 0 aliphatic rings. The first-order chi connectivity index (χ1) is 10.7. The molecule has 112 valence electrons. The van der Waals surface area contributed by atoms with E-state index in [0.29, 0.717) is 0 Å². The predicted molar refractivity (Wildman–Crippen MR) is 91.1 cm³/mol. The quantitative estimate of drug-likeness (QED) is 0.554. The Hall–Kier alpha value is -1.71. The van der Waals surface area contributed by atoms with Crippen molar-refractivity contribution in [3.63, 3.8) is 0 Å². The average Bonchev–Trinajstić information content (AvgIpc) is 2.99. The van der Waals surface area contributed by atoms with Gasteiger partial charge in [-0.1, -0.05) is 30.7 Å². The normalized spacial score (nSPS) is 10.9. The van der Waals surface area contributed by atoms with Crippen molar-refractivity contribution in [2.45, 2.75) is 19.8 Å². The van der Waals surface area contributed by atoms with Crippen LogP contribution < -0.4 is 0 Å². The molecule has 0 unspecified atom stereocenters. The van der Waals surface area contributed by atoms with Crippen LogP contribution in [0, 0.1) is 5.95 Å². The lowest BCUT2D eigenvalue weighted by molar-refractivity contribution is 0.584. The van der Waals surface area contributed by atoms with Gasteiger partial charge in [0, 0.05) is 33.0 Å². The minimum Gasteiger partial charge on any atom is -0.228 e. The molecule has 1 aromatic carbocycles. The smallest absolute Gasteiger partial charge is 0.212 e. The summed E-state index contributed by atoms with van der Waals surface area (Å²) >= 11 is 7.99. The Morgan fingerprint density at radius 2 is 2.00 bits per heavy atom. The van der Waals surface area contributed by atoms with Gasteiger partial charge in [0.05, 0.1) is 0 Å². The molecule has 0 spiro atoms. The molecular formula is C18H15ClFNS. The third-order valence-corrected chi connectivity index (χ3v) is 5.06. The summed E-state index contributed by atoms with van der Waals surface area (Å²) in [5.74, 6) is -0.455. The van der Waals surface area contributed by atoms with E-state index in [9.17, 15) is 4.39 Å². The van der Waals surface area contributed by atoms with Crippen LogP contribution in [0.3, 0.4) is 0 Å². The number of aromatic nitrogens is 1. The van der Waals surface area contributed by atoms with Gasteiger partial charge in [-0.15, -0.1) is 11.3 Å². The third kappa shape index (κ3) is 3.37. The second-order valence-corrected chi connectivity index (χ2v) is 6.67. The molecule has 2 aromatic heterocycles. The number of rotatable bonds is 4. The maximum absolute atomic E-state index is 12.9. The Morgan fingerprint density at radius 1 is 1.14 bits per heavy atom. The molecule has 0 saturated carbocycles. The molecule has 2 heterocycles. The number of hydrogen-bond donors (Lipinski definition) is 0. The molecule has 0 N–H and O–H groups in total. The molecule has 0 aliphatic carbocycles. The van der Waals surface area contributed by atoms with Gasteiger partial charge in [0.1, 0.15) is 0 Å². The average molecular weight is 332 g/mol. The summed E-state index contributed by atoms with van der Waals surface area (Å²) in [6.45, 7) is 2.14. The van der Waals surface area contributed by atoms with Gasteiger partial charge in [-0.05, 0) is 47.9 Å². The first-order valence-electron chi connectivity index (χ1n) is 7.13. The summed E-state index contributed by atoms with van der Waals surface area (Å²) < 4.78 is 12.9. The number of nitrogens with zero attached hydrogens (tertiary/aromatic N) is 1. The van der Waals surface area contributed by atoms with Crippen LogP contribution >= 0.6 is 22.9 Å². The highest BCUT2D eigenvalue weighted by Gasteiger charge is 2.07. The third-order valence-electron chi connectivity index (χ3n) is 3.56. The molecule has 0 atom stereocenters. The highest BCUT2D eigenvalue weighted by atomic mass is 35.5. The summed E-state index contributed by atoms with van der Waals surface area (Å²) in [7, 11) is 0. The van der Waals surface area contributed by atoms with Gasteiger partial charge >= 0.3 is 0 Å². The van der Waals surface area contributed by atoms with Crippen molar-refractivity contribution in [2.75, 3.05) is 0 Å². The van der Waals surface area contributed by atoms with E-state index in [0.717, 1.165) is 33.9 Å². The van der Waals surface area contributed by atoms with E-state index in [4.69, 9.17) is 11.6 Å². The number of hydrogen-bond acceptors (Lipinski definition) is 2. The molecule has 0 aliphatic heterocycles. The van der Waals surface area contributed by atoms with E-state index in [1.54, 1.807) is 23.6 Å². The molecule has 3 aromatic rings. The van der Waals surface area contributed by atoms with Crippen molar-refractivity contribution in [3.05, 3.63) is 75.6 Å². The molecule has 0 amide bonds. The lowest BCUT2D eigenvalue weighted by Crippen LogP contribution is -1.89. The number of pyridine rings is 1. The van der Waals surface area contributed by atoms with Crippen LogP contribution in [0.2, 0.25) is 5.02 Å². The molecule has 3 rings (SSSR count). The minimum atomic E-state index is -0.455. The molecule has 0 bridgehead atoms. The van der Waals surface area contributed by atoms with Crippen molar-refractivity contribution in [3.8, 4) is 10.4 Å². The van der Waals surface area contributed by atoms with Gasteiger partial charge in [-0.2, -0.15) is 4.39 Å². The van der Waals surface area contributed by atoms with Crippen LogP contribution in [-0.2, 0) is 12.8 Å². The summed E-state index contributed by atoms with van der Waals surface area (Å²) in [6.07, 6.45) is 3.38. The second-order valence-electron chi connectivity index (χ2n) is 5.09. The fourth-order valence-corrected chi connectivity index (χ4v) is 3.53. The number of aryl methyl sites for hydroxylation is 1. The van der Waals surface area contributed by atoms with Crippen LogP contribution in [0.15, 0.2) is 48.7 Å². The van der Waals surface area contributed by atoms with Gasteiger partial charge in [-0.25, -0.2) is 4.98 Å². The van der Waals surface area contributed by atoms with Crippen molar-refractivity contribution in [1.82, 2.24) is 4.98 Å². The molecule has 4 heteroatoms. The van der Waals surface area contributed by atoms with E-state index in [-0.39, 0.29) is 0 Å². The molecule has 1 nitrogen and oxygen atoms in total. The van der Waals surface area contributed by atoms with Crippen molar-refractivity contribution in [1.29, 1.82) is 0 Å². The Morgan fingerprint density at radius 3 is 2.73 bits per heavy atom. The van der Waals surface area contributed by atoms with Gasteiger partial charge in [0.2, 0.25) is 5.95 Å². The van der Waals surface area contributed by atoms with Crippen LogP contribution in [-0.4, -0.2) is 4.98 Å². The molecule has 0 saturated heterocycles. The Balaban J connectivity index is 1.84. The SMILES string of the molecule is CCc1ccc(Cl)c(Cc2ccc(-c3ccc(F)nc3)s2)c1. The van der Waals surface area contributed by atoms with Crippen LogP contribution in [0.4, 0.5) is 4.39 Å². The highest BCUT2D eigenvalue weighted by molar-refractivity contribution is 7.15. The number of halogens is 2. The summed E-state index contributed by atoms with van der Waals surface area (Å²) in [5.41, 5.74) is 3.37. The topological polar surface area (TPSA) is 12.9 Å². The van der Waals surface area contributed by atoms with Crippen molar-refractivity contribution in [2.24, 2.45) is 0 Å². The summed E-state index contributed by atoms with van der Waals surface area (Å²) in [4.78, 5) is 6.02. The minimum absolute atomic E-state index is 0.455. The van der Waals surface area contributed by atoms with Gasteiger partial charge in [0.25, 0.3) is 0 Å². The van der Waals surface area contributed by atoms with E-state index in [1.165, 1.54) is 16.5 Å². The Labute approximate surface area is 138 Å². The van der Waals surface area contributed by atoms with Crippen molar-refractivity contribution >= 4 is 22.9 Å². The maximum Gasteiger partial charge on any atom is 0.212 e. The predicted octanol–water partition coefficient (Wildman–Crippen LogP) is 5.76. The maximum atomic E-state index is 12.9. The van der Waals surface area contributed by atoms with Gasteiger partial charge in [-0.3, -0.25) is 0 Å². The molecule has 0 fully saturated rings. The van der Waals surface area contributed by atoms with E-state index in [1.807, 2.05) is 12.1 Å². The van der Waals surface area contributed by atoms with Gasteiger partial charge < -0.3 is 0 Å². The fraction of sp³-hybridized carbons (Fsp3) is 0.167. The molecular weight excluding hydrogens is 317 g/mol. The molecule has 22 heavy (non-hydrogen) atoms. The van der Waals surface area contributed by atoms with Crippen molar-refractivity contribution < 1.29 is 4.39 Å². The van der Waals surface area contributed by atoms with E-state index >= 15 is 0 Å².